The molecular weight excluding hydrogens is 773 g/mol. The largest absolute Gasteiger partial charge is 0.479 e. The molecule has 0 aliphatic heterocycles. The van der Waals surface area contributed by atoms with Gasteiger partial charge in [-0.1, -0.05) is 74.1 Å². The van der Waals surface area contributed by atoms with Gasteiger partial charge in [-0.15, -0.1) is 0 Å². The Bertz CT molecular complexity index is 2020. The zero-order valence-corrected chi connectivity index (χ0v) is 32.1. The standard InChI is InChI=1S/C36H38F4N4O2S.C4H6O6/c1-3-42(4-2)20-21-43(22-25-8-12-27(13-9-25)28-14-16-29(17-15-28)36(38,39)40)33(45)23-44-32-7-5-6-31(32)34(46)41-35(44)47-24-26-10-18-30(37)19-11-26;5-1(3(7)8)2(6)4(9)10/h8-19H,3-7,20-24H2,1-2H3;1-2,5-6H,(H,7,8)(H,9,10). The molecule has 5 rings (SSSR count). The molecule has 57 heavy (non-hydrogen) atoms. The number of carbonyl (C=O) groups is 3. The van der Waals surface area contributed by atoms with E-state index in [4.69, 9.17) is 20.4 Å². The minimum atomic E-state index is -4.39. The van der Waals surface area contributed by atoms with Crippen molar-refractivity contribution < 1.29 is 52.4 Å². The maximum atomic E-state index is 14.1. The van der Waals surface area contributed by atoms with E-state index >= 15 is 0 Å². The number of amides is 1. The third-order valence-corrected chi connectivity index (χ3v) is 10.4. The second kappa shape index (κ2) is 20.4. The summed E-state index contributed by atoms with van der Waals surface area (Å²) >= 11 is 1.36. The van der Waals surface area contributed by atoms with Crippen LogP contribution in [0.5, 0.6) is 0 Å². The zero-order valence-electron chi connectivity index (χ0n) is 31.3. The van der Waals surface area contributed by atoms with Gasteiger partial charge < -0.3 is 34.8 Å². The number of hydrogen-bond donors (Lipinski definition) is 4. The molecule has 1 heterocycles. The zero-order chi connectivity index (χ0) is 41.9. The van der Waals surface area contributed by atoms with Gasteiger partial charge in [0, 0.05) is 36.6 Å². The summed E-state index contributed by atoms with van der Waals surface area (Å²) in [5, 5.41) is 33.0. The predicted octanol–water partition coefficient (Wildman–Crippen LogP) is 5.10. The Morgan fingerprint density at radius 1 is 0.825 bits per heavy atom. The summed E-state index contributed by atoms with van der Waals surface area (Å²) < 4.78 is 54.4. The van der Waals surface area contributed by atoms with E-state index in [1.807, 2.05) is 33.7 Å². The van der Waals surface area contributed by atoms with Crippen LogP contribution in [0.25, 0.3) is 11.1 Å². The van der Waals surface area contributed by atoms with Crippen LogP contribution in [0.2, 0.25) is 0 Å². The minimum Gasteiger partial charge on any atom is -0.479 e. The van der Waals surface area contributed by atoms with Crippen LogP contribution in [0.15, 0.2) is 82.7 Å². The quantitative estimate of drug-likeness (QED) is 0.0674. The molecule has 0 bridgehead atoms. The highest BCUT2D eigenvalue weighted by Crippen LogP contribution is 2.31. The van der Waals surface area contributed by atoms with E-state index in [9.17, 15) is 36.7 Å². The molecule has 1 aliphatic carbocycles. The fourth-order valence-corrected chi connectivity index (χ4v) is 7.03. The first-order valence-electron chi connectivity index (χ1n) is 18.1. The van der Waals surface area contributed by atoms with Gasteiger partial charge in [-0.25, -0.2) is 14.0 Å². The Labute approximate surface area is 330 Å². The number of likely N-dealkylation sites (N-methyl/N-ethyl adjacent to an activating group) is 1. The normalized spacial score (nSPS) is 13.4. The van der Waals surface area contributed by atoms with Crippen molar-refractivity contribution in [1.29, 1.82) is 0 Å². The molecule has 1 aromatic heterocycles. The minimum absolute atomic E-state index is 0.0310. The smallest absolute Gasteiger partial charge is 0.416 e. The first-order valence-corrected chi connectivity index (χ1v) is 19.1. The van der Waals surface area contributed by atoms with E-state index in [2.05, 4.69) is 23.7 Å². The van der Waals surface area contributed by atoms with E-state index in [0.717, 1.165) is 54.0 Å². The van der Waals surface area contributed by atoms with Crippen molar-refractivity contribution >= 4 is 29.6 Å². The summed E-state index contributed by atoms with van der Waals surface area (Å²) in [6.45, 7) is 7.42. The summed E-state index contributed by atoms with van der Waals surface area (Å²) in [5.74, 6) is -3.50. The van der Waals surface area contributed by atoms with Gasteiger partial charge >= 0.3 is 18.1 Å². The highest BCUT2D eigenvalue weighted by Gasteiger charge is 2.31. The molecule has 0 spiro atoms. The van der Waals surface area contributed by atoms with Gasteiger partial charge in [0.25, 0.3) is 5.56 Å². The molecule has 2 unspecified atom stereocenters. The van der Waals surface area contributed by atoms with Crippen molar-refractivity contribution in [3.8, 4) is 11.1 Å². The number of nitrogens with zero attached hydrogens (tertiary/aromatic N) is 4. The molecule has 1 aliphatic rings. The number of rotatable bonds is 16. The van der Waals surface area contributed by atoms with Gasteiger partial charge in [0.05, 0.1) is 5.56 Å². The van der Waals surface area contributed by atoms with Crippen LogP contribution in [-0.4, -0.2) is 96.0 Å². The van der Waals surface area contributed by atoms with E-state index < -0.39 is 35.9 Å². The molecule has 2 atom stereocenters. The fourth-order valence-electron chi connectivity index (χ4n) is 6.06. The van der Waals surface area contributed by atoms with Crippen molar-refractivity contribution in [2.75, 3.05) is 26.2 Å². The second-order valence-electron chi connectivity index (χ2n) is 13.2. The van der Waals surface area contributed by atoms with Crippen LogP contribution in [0, 0.1) is 5.82 Å². The van der Waals surface area contributed by atoms with Crippen molar-refractivity contribution in [2.24, 2.45) is 0 Å². The number of carbonyl (C=O) groups excluding carboxylic acids is 1. The Morgan fingerprint density at radius 3 is 1.89 bits per heavy atom. The number of alkyl halides is 3. The second-order valence-corrected chi connectivity index (χ2v) is 14.1. The predicted molar refractivity (Wildman–Crippen MR) is 204 cm³/mol. The monoisotopic (exact) mass is 816 g/mol. The molecular formula is C40H44F4N4O8S. The maximum absolute atomic E-state index is 14.1. The highest BCUT2D eigenvalue weighted by molar-refractivity contribution is 7.98. The molecule has 17 heteroatoms. The van der Waals surface area contributed by atoms with Crippen molar-refractivity contribution in [2.45, 2.75) is 75.5 Å². The van der Waals surface area contributed by atoms with Crippen molar-refractivity contribution in [3.05, 3.63) is 117 Å². The SMILES string of the molecule is CCN(CC)CCN(Cc1ccc(-c2ccc(C(F)(F)F)cc2)cc1)C(=O)Cn1c(SCc2ccc(F)cc2)nc(=O)c2c1CCC2.O=C(O)C(O)C(O)C(=O)O. The van der Waals surface area contributed by atoms with Gasteiger partial charge in [0.2, 0.25) is 5.91 Å². The van der Waals surface area contributed by atoms with Gasteiger partial charge in [-0.2, -0.15) is 18.2 Å². The van der Waals surface area contributed by atoms with Crippen LogP contribution in [-0.2, 0) is 52.2 Å². The van der Waals surface area contributed by atoms with E-state index in [-0.39, 0.29) is 23.8 Å². The van der Waals surface area contributed by atoms with Gasteiger partial charge in [-0.05, 0) is 78.9 Å². The number of aliphatic carboxylic acids is 2. The fraction of sp³-hybridized carbons (Fsp3) is 0.375. The van der Waals surface area contributed by atoms with Crippen LogP contribution in [0.3, 0.4) is 0 Å². The molecule has 0 saturated carbocycles. The number of carboxylic acids is 2. The molecule has 1 amide bonds. The van der Waals surface area contributed by atoms with Crippen molar-refractivity contribution in [3.63, 3.8) is 0 Å². The molecule has 4 aromatic rings. The summed E-state index contributed by atoms with van der Waals surface area (Å²) in [5.41, 5.74) is 3.79. The average Bonchev–Trinajstić information content (AvgIpc) is 3.69. The van der Waals surface area contributed by atoms with E-state index in [0.29, 0.717) is 54.5 Å². The Balaban J connectivity index is 0.000000635. The Hall–Kier alpha value is -5.10. The number of aliphatic hydroxyl groups excluding tert-OH is 2. The summed E-state index contributed by atoms with van der Waals surface area (Å²) in [6.07, 6.45) is -6.78. The van der Waals surface area contributed by atoms with Gasteiger partial charge in [0.15, 0.2) is 17.4 Å². The molecule has 306 valence electrons. The maximum Gasteiger partial charge on any atom is 0.416 e. The number of aromatic nitrogens is 2. The number of fused-ring (bicyclic) bond motifs is 1. The van der Waals surface area contributed by atoms with Crippen molar-refractivity contribution in [1.82, 2.24) is 19.4 Å². The first kappa shape index (κ1) is 44.6. The number of aliphatic hydroxyl groups is 2. The molecule has 0 radical (unpaired) electrons. The lowest BCUT2D eigenvalue weighted by molar-refractivity contribution is -0.165. The Morgan fingerprint density at radius 2 is 1.37 bits per heavy atom. The number of carboxylic acid groups (broad SMARTS) is 2. The van der Waals surface area contributed by atoms with Crippen LogP contribution >= 0.6 is 11.8 Å². The number of hydrogen-bond acceptors (Lipinski definition) is 9. The summed E-state index contributed by atoms with van der Waals surface area (Å²) in [6, 6.07) is 18.8. The van der Waals surface area contributed by atoms with Gasteiger partial charge in [0.1, 0.15) is 12.4 Å². The van der Waals surface area contributed by atoms with Crippen LogP contribution in [0.4, 0.5) is 17.6 Å². The number of thioether (sulfide) groups is 1. The topological polar surface area (TPSA) is 174 Å². The van der Waals surface area contributed by atoms with Crippen LogP contribution < -0.4 is 5.56 Å². The summed E-state index contributed by atoms with van der Waals surface area (Å²) in [4.78, 5) is 55.0. The highest BCUT2D eigenvalue weighted by atomic mass is 32.2. The molecule has 0 fully saturated rings. The molecule has 12 nitrogen and oxygen atoms in total. The average molecular weight is 817 g/mol. The Kier molecular flexibility index (Phi) is 15.9. The number of halogens is 4. The lowest BCUT2D eigenvalue weighted by atomic mass is 10.0. The first-order chi connectivity index (χ1) is 27.0. The number of benzene rings is 3. The lowest BCUT2D eigenvalue weighted by Gasteiger charge is -2.28. The summed E-state index contributed by atoms with van der Waals surface area (Å²) in [7, 11) is 0. The molecule has 0 saturated heterocycles. The van der Waals surface area contributed by atoms with Crippen LogP contribution in [0.1, 0.15) is 48.2 Å². The van der Waals surface area contributed by atoms with E-state index in [1.165, 1.54) is 36.0 Å². The third-order valence-electron chi connectivity index (χ3n) is 9.39. The van der Waals surface area contributed by atoms with Gasteiger partial charge in [-0.3, -0.25) is 9.59 Å². The third kappa shape index (κ3) is 12.4. The lowest BCUT2D eigenvalue weighted by Crippen LogP contribution is -2.40. The molecule has 3 aromatic carbocycles. The molecule has 4 N–H and O–H groups in total. The van der Waals surface area contributed by atoms with E-state index in [1.54, 1.807) is 12.1 Å².